The third kappa shape index (κ3) is 3.57. The van der Waals surface area contributed by atoms with Crippen molar-refractivity contribution in [2.45, 2.75) is 22.6 Å². The van der Waals surface area contributed by atoms with Crippen molar-refractivity contribution in [3.8, 4) is 5.75 Å². The summed E-state index contributed by atoms with van der Waals surface area (Å²) in [6, 6.07) is 25.0. The van der Waals surface area contributed by atoms with Crippen LogP contribution < -0.4 is 14.8 Å². The van der Waals surface area contributed by atoms with Crippen LogP contribution in [0.1, 0.15) is 28.2 Å². The van der Waals surface area contributed by atoms with E-state index in [2.05, 4.69) is 40.4 Å². The van der Waals surface area contributed by atoms with Crippen molar-refractivity contribution in [2.24, 2.45) is 0 Å². The Kier molecular flexibility index (Phi) is 5.44. The van der Waals surface area contributed by atoms with Crippen molar-refractivity contribution in [3.63, 3.8) is 0 Å². The van der Waals surface area contributed by atoms with E-state index in [1.165, 1.54) is 13.1 Å². The van der Waals surface area contributed by atoms with E-state index in [4.69, 9.17) is 4.74 Å². The molecule has 1 aliphatic heterocycles. The molecular weight excluding hydrogens is 484 g/mol. The predicted molar refractivity (Wildman–Crippen MR) is 145 cm³/mol. The zero-order chi connectivity index (χ0) is 25.8. The molecule has 1 heterocycles. The number of benzene rings is 4. The average molecular weight is 511 g/mol. The molecule has 6 nitrogen and oxygen atoms in total. The third-order valence-corrected chi connectivity index (χ3v) is 9.07. The summed E-state index contributed by atoms with van der Waals surface area (Å²) in [5.41, 5.74) is 3.61. The van der Waals surface area contributed by atoms with Gasteiger partial charge in [0.1, 0.15) is 5.75 Å². The number of rotatable bonds is 6. The first kappa shape index (κ1) is 23.5. The summed E-state index contributed by atoms with van der Waals surface area (Å²) in [4.78, 5) is 13.9. The molecule has 2 atom stereocenters. The van der Waals surface area contributed by atoms with Crippen LogP contribution in [0.25, 0.3) is 16.8 Å². The third-order valence-electron chi connectivity index (χ3n) is 7.66. The Morgan fingerprint density at radius 1 is 1.00 bits per heavy atom. The number of nitrogens with one attached hydrogen (secondary N) is 2. The number of hydrogen-bond donors (Lipinski definition) is 2. The first-order valence-corrected chi connectivity index (χ1v) is 13.6. The molecule has 2 N–H and O–H groups in total. The molecule has 0 radical (unpaired) electrons. The molecule has 2 aliphatic rings. The highest BCUT2D eigenvalue weighted by Gasteiger charge is 2.50. The van der Waals surface area contributed by atoms with Crippen LogP contribution in [0.3, 0.4) is 0 Å². The summed E-state index contributed by atoms with van der Waals surface area (Å²) in [5.74, 6) is -0.0476. The van der Waals surface area contributed by atoms with Gasteiger partial charge in [0.15, 0.2) is 0 Å². The quantitative estimate of drug-likeness (QED) is 0.382. The van der Waals surface area contributed by atoms with E-state index < -0.39 is 21.4 Å². The Morgan fingerprint density at radius 2 is 1.78 bits per heavy atom. The van der Waals surface area contributed by atoms with Gasteiger partial charge in [-0.2, -0.15) is 0 Å². The van der Waals surface area contributed by atoms with Gasteiger partial charge in [0.05, 0.1) is 17.9 Å². The Bertz CT molecular complexity index is 1710. The number of methoxy groups -OCH3 is 1. The summed E-state index contributed by atoms with van der Waals surface area (Å²) in [5, 5.41) is 5.15. The van der Waals surface area contributed by atoms with Crippen LogP contribution in [0.4, 0.5) is 5.69 Å². The highest BCUT2D eigenvalue weighted by Crippen LogP contribution is 2.54. The molecule has 0 bridgehead atoms. The molecule has 4 aromatic rings. The molecule has 186 valence electrons. The fourth-order valence-electron chi connectivity index (χ4n) is 5.92. The molecule has 7 heteroatoms. The van der Waals surface area contributed by atoms with Crippen molar-refractivity contribution in [3.05, 3.63) is 107 Å². The Morgan fingerprint density at radius 3 is 2.59 bits per heavy atom. The topological polar surface area (TPSA) is 84.5 Å². The lowest BCUT2D eigenvalue weighted by Gasteiger charge is -2.35. The van der Waals surface area contributed by atoms with Crippen LogP contribution in [0, 0.1) is 0 Å². The maximum absolute atomic E-state index is 13.7. The standard InChI is InChI=1S/C30H26N2O4S/c1-31-37(34,35)21-12-13-26-23(17-21)28(29(33)32-26)30(16-15-20-8-4-6-10-25(20)30)18-24-22-9-5-3-7-19(22)11-14-27(24)36-2/h3-17,28,31H,18H2,1-2H3,(H,32,33). The van der Waals surface area contributed by atoms with E-state index in [0.717, 1.165) is 33.2 Å². The zero-order valence-electron chi connectivity index (χ0n) is 20.5. The van der Waals surface area contributed by atoms with E-state index in [1.807, 2.05) is 42.5 Å². The molecule has 1 aliphatic carbocycles. The van der Waals surface area contributed by atoms with E-state index in [-0.39, 0.29) is 10.8 Å². The number of allylic oxidation sites excluding steroid dienone is 1. The van der Waals surface area contributed by atoms with Gasteiger partial charge in [0, 0.05) is 16.7 Å². The van der Waals surface area contributed by atoms with Crippen LogP contribution >= 0.6 is 0 Å². The maximum atomic E-state index is 13.7. The van der Waals surface area contributed by atoms with Gasteiger partial charge in [-0.1, -0.05) is 66.7 Å². The molecule has 0 aromatic heterocycles. The first-order chi connectivity index (χ1) is 17.9. The number of hydrogen-bond acceptors (Lipinski definition) is 4. The van der Waals surface area contributed by atoms with Crippen molar-refractivity contribution in [1.29, 1.82) is 0 Å². The van der Waals surface area contributed by atoms with E-state index in [0.29, 0.717) is 17.7 Å². The largest absolute Gasteiger partial charge is 0.496 e. The number of amides is 1. The number of ether oxygens (including phenoxy) is 1. The van der Waals surface area contributed by atoms with Gasteiger partial charge in [-0.05, 0) is 65.2 Å². The van der Waals surface area contributed by atoms with Gasteiger partial charge in [0.25, 0.3) is 0 Å². The maximum Gasteiger partial charge on any atom is 0.240 e. The second-order valence-corrected chi connectivity index (χ2v) is 11.4. The SMILES string of the molecule is CNS(=O)(=O)c1ccc2c(c1)C(C1(Cc3c(OC)ccc4ccccc34)C=Cc3ccccc31)C(=O)N2. The van der Waals surface area contributed by atoms with Gasteiger partial charge in [0.2, 0.25) is 15.9 Å². The second kappa shape index (κ2) is 8.57. The van der Waals surface area contributed by atoms with Crippen LogP contribution in [0.15, 0.2) is 89.8 Å². The van der Waals surface area contributed by atoms with Gasteiger partial charge in [-0.25, -0.2) is 13.1 Å². The molecular formula is C30H26N2O4S. The monoisotopic (exact) mass is 510 g/mol. The van der Waals surface area contributed by atoms with Crippen LogP contribution in [-0.2, 0) is 26.7 Å². The van der Waals surface area contributed by atoms with Gasteiger partial charge in [-0.3, -0.25) is 4.79 Å². The molecule has 6 rings (SSSR count). The minimum atomic E-state index is -3.69. The first-order valence-electron chi connectivity index (χ1n) is 12.1. The average Bonchev–Trinajstić information content (AvgIpc) is 3.45. The summed E-state index contributed by atoms with van der Waals surface area (Å²) in [6.45, 7) is 0. The van der Waals surface area contributed by atoms with E-state index >= 15 is 0 Å². The Hall–Kier alpha value is -3.94. The smallest absolute Gasteiger partial charge is 0.240 e. The van der Waals surface area contributed by atoms with Crippen LogP contribution in [0.2, 0.25) is 0 Å². The summed E-state index contributed by atoms with van der Waals surface area (Å²) in [6.07, 6.45) is 4.66. The molecule has 0 saturated carbocycles. The number of carbonyl (C=O) groups excluding carboxylic acids is 1. The molecule has 0 fully saturated rings. The zero-order valence-corrected chi connectivity index (χ0v) is 21.3. The molecule has 1 amide bonds. The Labute approximate surface area is 216 Å². The number of sulfonamides is 1. The van der Waals surface area contributed by atoms with Gasteiger partial charge in [-0.15, -0.1) is 0 Å². The van der Waals surface area contributed by atoms with Gasteiger partial charge >= 0.3 is 0 Å². The minimum Gasteiger partial charge on any atom is -0.496 e. The molecule has 0 saturated heterocycles. The number of fused-ring (bicyclic) bond motifs is 3. The minimum absolute atomic E-state index is 0.128. The van der Waals surface area contributed by atoms with Crippen molar-refractivity contribution < 1.29 is 17.9 Å². The highest BCUT2D eigenvalue weighted by atomic mass is 32.2. The fraction of sp³-hybridized carbons (Fsp3) is 0.167. The second-order valence-electron chi connectivity index (χ2n) is 9.48. The number of carbonyl (C=O) groups is 1. The van der Waals surface area contributed by atoms with Crippen molar-refractivity contribution >= 4 is 38.5 Å². The summed E-state index contributed by atoms with van der Waals surface area (Å²) < 4.78 is 33.5. The van der Waals surface area contributed by atoms with Crippen LogP contribution in [-0.4, -0.2) is 28.5 Å². The van der Waals surface area contributed by atoms with Gasteiger partial charge < -0.3 is 10.1 Å². The normalized spacial score (nSPS) is 20.1. The lowest BCUT2D eigenvalue weighted by Crippen LogP contribution is -2.37. The molecule has 37 heavy (non-hydrogen) atoms. The van der Waals surface area contributed by atoms with Crippen molar-refractivity contribution in [1.82, 2.24) is 4.72 Å². The molecule has 0 spiro atoms. The van der Waals surface area contributed by atoms with E-state index in [9.17, 15) is 13.2 Å². The predicted octanol–water partition coefficient (Wildman–Crippen LogP) is 5.00. The summed E-state index contributed by atoms with van der Waals surface area (Å²) >= 11 is 0. The number of anilines is 1. The Balaban J connectivity index is 1.61. The molecule has 2 unspecified atom stereocenters. The van der Waals surface area contributed by atoms with Crippen molar-refractivity contribution in [2.75, 3.05) is 19.5 Å². The summed E-state index contributed by atoms with van der Waals surface area (Å²) in [7, 11) is -0.649. The lowest BCUT2D eigenvalue weighted by atomic mass is 9.65. The van der Waals surface area contributed by atoms with E-state index in [1.54, 1.807) is 19.2 Å². The fourth-order valence-corrected chi connectivity index (χ4v) is 6.69. The molecule has 4 aromatic carbocycles. The lowest BCUT2D eigenvalue weighted by molar-refractivity contribution is -0.118. The van der Waals surface area contributed by atoms with Crippen LogP contribution in [0.5, 0.6) is 5.75 Å². The highest BCUT2D eigenvalue weighted by molar-refractivity contribution is 7.89.